The summed E-state index contributed by atoms with van der Waals surface area (Å²) in [6.45, 7) is 4.36. The molecule has 0 amide bonds. The van der Waals surface area contributed by atoms with Crippen molar-refractivity contribution in [3.8, 4) is 0 Å². The lowest BCUT2D eigenvalue weighted by Crippen LogP contribution is -1.94. The number of hydrogen-bond acceptors (Lipinski definition) is 1. The summed E-state index contributed by atoms with van der Waals surface area (Å²) in [5.41, 5.74) is 1.22. The van der Waals surface area contributed by atoms with E-state index in [2.05, 4.69) is 18.8 Å². The van der Waals surface area contributed by atoms with Crippen molar-refractivity contribution >= 4 is 11.6 Å². The van der Waals surface area contributed by atoms with Crippen LogP contribution in [-0.2, 0) is 6.42 Å². The zero-order valence-electron chi connectivity index (χ0n) is 6.84. The molecule has 0 spiro atoms. The summed E-state index contributed by atoms with van der Waals surface area (Å²) in [6.07, 6.45) is 4.57. The second kappa shape index (κ2) is 3.72. The maximum Gasteiger partial charge on any atom is 0.0592 e. The molecule has 0 aliphatic heterocycles. The number of halogens is 1. The van der Waals surface area contributed by atoms with Crippen LogP contribution in [0.5, 0.6) is 0 Å². The van der Waals surface area contributed by atoms with E-state index in [0.29, 0.717) is 5.92 Å². The van der Waals surface area contributed by atoms with Crippen molar-refractivity contribution in [2.24, 2.45) is 5.92 Å². The third-order valence-corrected chi connectivity index (χ3v) is 1.61. The lowest BCUT2D eigenvalue weighted by molar-refractivity contribution is 0.645. The Labute approximate surface area is 72.4 Å². The molecule has 0 radical (unpaired) electrons. The van der Waals surface area contributed by atoms with Crippen LogP contribution < -0.4 is 0 Å². The van der Waals surface area contributed by atoms with Crippen molar-refractivity contribution < 1.29 is 0 Å². The fourth-order valence-corrected chi connectivity index (χ4v) is 1.24. The largest absolute Gasteiger partial charge is 0.263 e. The molecule has 1 nitrogen and oxygen atoms in total. The number of pyridine rings is 1. The van der Waals surface area contributed by atoms with Gasteiger partial charge in [0, 0.05) is 12.4 Å². The predicted octanol–water partition coefficient (Wildman–Crippen LogP) is 2.93. The molecular weight excluding hydrogens is 158 g/mol. The molecule has 0 aromatic carbocycles. The third-order valence-electron chi connectivity index (χ3n) is 1.41. The van der Waals surface area contributed by atoms with E-state index < -0.39 is 0 Å². The van der Waals surface area contributed by atoms with Crippen molar-refractivity contribution in [2.45, 2.75) is 20.3 Å². The van der Waals surface area contributed by atoms with Crippen molar-refractivity contribution in [3.63, 3.8) is 0 Å². The lowest BCUT2D eigenvalue weighted by Gasteiger charge is -2.03. The monoisotopic (exact) mass is 169 g/mol. The van der Waals surface area contributed by atoms with Crippen LogP contribution in [0, 0.1) is 5.92 Å². The molecule has 0 unspecified atom stereocenters. The second-order valence-corrected chi connectivity index (χ2v) is 3.55. The molecule has 0 fully saturated rings. The molecule has 60 valence electrons. The highest BCUT2D eigenvalue weighted by atomic mass is 35.5. The summed E-state index contributed by atoms with van der Waals surface area (Å²) in [7, 11) is 0. The molecule has 0 saturated heterocycles. The summed E-state index contributed by atoms with van der Waals surface area (Å²) in [6, 6.07) is 1.97. The Morgan fingerprint density at radius 1 is 1.45 bits per heavy atom. The van der Waals surface area contributed by atoms with Crippen LogP contribution in [0.3, 0.4) is 0 Å². The van der Waals surface area contributed by atoms with Crippen LogP contribution in [-0.4, -0.2) is 4.98 Å². The molecule has 2 heteroatoms. The molecule has 0 aliphatic carbocycles. The number of hydrogen-bond donors (Lipinski definition) is 0. The summed E-state index contributed by atoms with van der Waals surface area (Å²) in [4.78, 5) is 4.01. The number of aromatic nitrogens is 1. The molecule has 0 aliphatic rings. The Kier molecular flexibility index (Phi) is 2.89. The van der Waals surface area contributed by atoms with E-state index in [1.54, 1.807) is 6.20 Å². The molecule has 0 N–H and O–H groups in total. The normalized spacial score (nSPS) is 10.5. The zero-order chi connectivity index (χ0) is 8.27. The first-order valence-electron chi connectivity index (χ1n) is 3.78. The smallest absolute Gasteiger partial charge is 0.0592 e. The van der Waals surface area contributed by atoms with Crippen molar-refractivity contribution in [1.29, 1.82) is 0 Å². The highest BCUT2D eigenvalue weighted by molar-refractivity contribution is 6.30. The molecule has 0 bridgehead atoms. The average Bonchev–Trinajstić information content (AvgIpc) is 1.85. The van der Waals surface area contributed by atoms with Gasteiger partial charge in [0.05, 0.1) is 5.02 Å². The number of nitrogens with zero attached hydrogens (tertiary/aromatic N) is 1. The average molecular weight is 170 g/mol. The summed E-state index contributed by atoms with van der Waals surface area (Å²) < 4.78 is 0. The minimum atomic E-state index is 0.662. The molecule has 11 heavy (non-hydrogen) atoms. The van der Waals surface area contributed by atoms with Gasteiger partial charge in [-0.05, 0) is 24.0 Å². The summed E-state index contributed by atoms with van der Waals surface area (Å²) >= 11 is 5.77. The molecule has 0 atom stereocenters. The predicted molar refractivity (Wildman–Crippen MR) is 47.8 cm³/mol. The maximum absolute atomic E-state index is 5.77. The third kappa shape index (κ3) is 2.89. The van der Waals surface area contributed by atoms with Crippen molar-refractivity contribution in [3.05, 3.63) is 29.0 Å². The van der Waals surface area contributed by atoms with Gasteiger partial charge in [-0.15, -0.1) is 0 Å². The highest BCUT2D eigenvalue weighted by Crippen LogP contribution is 2.11. The first-order valence-corrected chi connectivity index (χ1v) is 4.15. The van der Waals surface area contributed by atoms with Gasteiger partial charge in [-0.3, -0.25) is 4.98 Å². The molecule has 1 heterocycles. The maximum atomic E-state index is 5.77. The van der Waals surface area contributed by atoms with E-state index in [1.807, 2.05) is 12.3 Å². The summed E-state index contributed by atoms with van der Waals surface area (Å²) in [5, 5.41) is 0.725. The minimum absolute atomic E-state index is 0.662. The van der Waals surface area contributed by atoms with Gasteiger partial charge in [-0.1, -0.05) is 25.4 Å². The van der Waals surface area contributed by atoms with Gasteiger partial charge in [0.2, 0.25) is 0 Å². The van der Waals surface area contributed by atoms with Gasteiger partial charge >= 0.3 is 0 Å². The minimum Gasteiger partial charge on any atom is -0.263 e. The van der Waals surface area contributed by atoms with Gasteiger partial charge in [0.15, 0.2) is 0 Å². The van der Waals surface area contributed by atoms with Gasteiger partial charge in [-0.25, -0.2) is 0 Å². The Hall–Kier alpha value is -0.560. The number of rotatable bonds is 2. The van der Waals surface area contributed by atoms with E-state index >= 15 is 0 Å². The topological polar surface area (TPSA) is 12.9 Å². The van der Waals surface area contributed by atoms with E-state index in [9.17, 15) is 0 Å². The fourth-order valence-electron chi connectivity index (χ4n) is 1.04. The molecule has 1 rings (SSSR count). The van der Waals surface area contributed by atoms with Crippen LogP contribution in [0.4, 0.5) is 0 Å². The Morgan fingerprint density at radius 2 is 2.18 bits per heavy atom. The molecule has 0 saturated carbocycles. The van der Waals surface area contributed by atoms with Gasteiger partial charge < -0.3 is 0 Å². The quantitative estimate of drug-likeness (QED) is 0.664. The van der Waals surface area contributed by atoms with E-state index in [0.717, 1.165) is 11.4 Å². The SMILES string of the molecule is CC(C)Cc1cncc(Cl)c1. The molecular formula is C9H12ClN. The van der Waals surface area contributed by atoms with Gasteiger partial charge in [0.25, 0.3) is 0 Å². The fraction of sp³-hybridized carbons (Fsp3) is 0.444. The Morgan fingerprint density at radius 3 is 2.73 bits per heavy atom. The molecule has 1 aromatic heterocycles. The Balaban J connectivity index is 2.71. The standard InChI is InChI=1S/C9H12ClN/c1-7(2)3-8-4-9(10)6-11-5-8/h4-7H,3H2,1-2H3. The first-order chi connectivity index (χ1) is 5.18. The van der Waals surface area contributed by atoms with Crippen LogP contribution >= 0.6 is 11.6 Å². The summed E-state index contributed by atoms with van der Waals surface area (Å²) in [5.74, 6) is 0.662. The Bertz CT molecular complexity index is 233. The zero-order valence-corrected chi connectivity index (χ0v) is 7.60. The highest BCUT2D eigenvalue weighted by Gasteiger charge is 1.97. The van der Waals surface area contributed by atoms with Crippen LogP contribution in [0.15, 0.2) is 18.5 Å². The first kappa shape index (κ1) is 8.54. The van der Waals surface area contributed by atoms with Gasteiger partial charge in [0.1, 0.15) is 0 Å². The second-order valence-electron chi connectivity index (χ2n) is 3.11. The van der Waals surface area contributed by atoms with E-state index in [1.165, 1.54) is 5.56 Å². The van der Waals surface area contributed by atoms with Crippen LogP contribution in [0.25, 0.3) is 0 Å². The lowest BCUT2D eigenvalue weighted by atomic mass is 10.1. The van der Waals surface area contributed by atoms with Crippen LogP contribution in [0.1, 0.15) is 19.4 Å². The van der Waals surface area contributed by atoms with Crippen molar-refractivity contribution in [2.75, 3.05) is 0 Å². The van der Waals surface area contributed by atoms with Gasteiger partial charge in [-0.2, -0.15) is 0 Å². The van der Waals surface area contributed by atoms with Crippen molar-refractivity contribution in [1.82, 2.24) is 4.98 Å². The van der Waals surface area contributed by atoms with E-state index in [4.69, 9.17) is 11.6 Å². The van der Waals surface area contributed by atoms with Crippen LogP contribution in [0.2, 0.25) is 5.02 Å². The van der Waals surface area contributed by atoms with E-state index in [-0.39, 0.29) is 0 Å². The molecule has 1 aromatic rings.